The van der Waals surface area contributed by atoms with Crippen molar-refractivity contribution in [2.75, 3.05) is 7.11 Å². The van der Waals surface area contributed by atoms with Crippen molar-refractivity contribution in [3.63, 3.8) is 0 Å². The number of aryl methyl sites for hydroxylation is 2. The molecule has 1 aromatic carbocycles. The van der Waals surface area contributed by atoms with Crippen molar-refractivity contribution in [1.29, 1.82) is 0 Å². The Kier molecular flexibility index (Phi) is 7.36. The Morgan fingerprint density at radius 1 is 1.08 bits per heavy atom. The van der Waals surface area contributed by atoms with E-state index in [9.17, 15) is 4.39 Å². The Morgan fingerprint density at radius 3 is 2.58 bits per heavy atom. The van der Waals surface area contributed by atoms with Gasteiger partial charge in [-0.05, 0) is 80.9 Å². The van der Waals surface area contributed by atoms with E-state index < -0.39 is 0 Å². The van der Waals surface area contributed by atoms with E-state index in [4.69, 9.17) is 9.47 Å². The monoisotopic (exact) mass is 362 g/mol. The van der Waals surface area contributed by atoms with E-state index in [-0.39, 0.29) is 11.9 Å². The fraction of sp³-hybridized carbons (Fsp3) is 0.739. The van der Waals surface area contributed by atoms with Crippen LogP contribution in [0.1, 0.15) is 82.3 Å². The smallest absolute Gasteiger partial charge is 0.165 e. The number of halogens is 1. The first-order valence-corrected chi connectivity index (χ1v) is 10.7. The Labute approximate surface area is 158 Å². The van der Waals surface area contributed by atoms with Crippen molar-refractivity contribution >= 4 is 0 Å². The average Bonchev–Trinajstić information content (AvgIpc) is 2.66. The van der Waals surface area contributed by atoms with E-state index in [2.05, 4.69) is 13.0 Å². The quantitative estimate of drug-likeness (QED) is 0.510. The molecule has 0 saturated heterocycles. The number of hydrogen-bond donors (Lipinski definition) is 0. The number of benzene rings is 1. The molecule has 1 unspecified atom stereocenters. The summed E-state index contributed by atoms with van der Waals surface area (Å²) in [7, 11) is 1.83. The van der Waals surface area contributed by atoms with E-state index in [0.29, 0.717) is 11.9 Å². The second-order valence-corrected chi connectivity index (χ2v) is 8.26. The van der Waals surface area contributed by atoms with Crippen LogP contribution < -0.4 is 4.74 Å². The van der Waals surface area contributed by atoms with Gasteiger partial charge in [0.25, 0.3) is 0 Å². The number of fused-ring (bicyclic) bond motifs is 1. The molecule has 1 aromatic rings. The number of ether oxygens (including phenoxy) is 2. The highest BCUT2D eigenvalue weighted by molar-refractivity contribution is 5.40. The van der Waals surface area contributed by atoms with Crippen LogP contribution in [0.4, 0.5) is 4.39 Å². The number of unbranched alkanes of at least 4 members (excludes halogenated alkanes) is 1. The van der Waals surface area contributed by atoms with Gasteiger partial charge in [0.05, 0.1) is 12.2 Å². The van der Waals surface area contributed by atoms with E-state index in [1.807, 2.05) is 7.11 Å². The molecule has 1 fully saturated rings. The summed E-state index contributed by atoms with van der Waals surface area (Å²) in [4.78, 5) is 0. The van der Waals surface area contributed by atoms with Gasteiger partial charge >= 0.3 is 0 Å². The van der Waals surface area contributed by atoms with Crippen molar-refractivity contribution < 1.29 is 13.9 Å². The fourth-order valence-electron chi connectivity index (χ4n) is 4.67. The molecule has 1 saturated carbocycles. The molecule has 0 amide bonds. The van der Waals surface area contributed by atoms with Gasteiger partial charge in [-0.1, -0.05) is 32.3 Å². The summed E-state index contributed by atoms with van der Waals surface area (Å²) < 4.78 is 25.9. The van der Waals surface area contributed by atoms with Crippen LogP contribution in [-0.4, -0.2) is 19.3 Å². The summed E-state index contributed by atoms with van der Waals surface area (Å²) >= 11 is 0. The lowest BCUT2D eigenvalue weighted by Crippen LogP contribution is -2.24. The summed E-state index contributed by atoms with van der Waals surface area (Å²) in [5, 5.41) is 0. The fourth-order valence-corrected chi connectivity index (χ4v) is 4.67. The molecule has 146 valence electrons. The molecule has 0 spiro atoms. The van der Waals surface area contributed by atoms with Crippen LogP contribution in [0, 0.1) is 11.7 Å². The molecule has 26 heavy (non-hydrogen) atoms. The topological polar surface area (TPSA) is 18.5 Å². The van der Waals surface area contributed by atoms with E-state index in [1.165, 1.54) is 44.9 Å². The molecule has 2 aliphatic rings. The zero-order valence-corrected chi connectivity index (χ0v) is 16.6. The number of methoxy groups -OCH3 is 1. The van der Waals surface area contributed by atoms with Crippen LogP contribution >= 0.6 is 0 Å². The maximum Gasteiger partial charge on any atom is 0.165 e. The first-order valence-electron chi connectivity index (χ1n) is 10.7. The van der Waals surface area contributed by atoms with E-state index in [1.54, 1.807) is 6.07 Å². The lowest BCUT2D eigenvalue weighted by Gasteiger charge is -2.28. The largest absolute Gasteiger partial charge is 0.487 e. The molecular formula is C23H35FO2. The van der Waals surface area contributed by atoms with Gasteiger partial charge in [0.1, 0.15) is 0 Å². The maximum absolute atomic E-state index is 14.4. The molecule has 1 aliphatic carbocycles. The third-order valence-corrected chi connectivity index (χ3v) is 6.25. The van der Waals surface area contributed by atoms with E-state index in [0.717, 1.165) is 49.1 Å². The minimum Gasteiger partial charge on any atom is -0.487 e. The normalized spacial score (nSPS) is 25.6. The van der Waals surface area contributed by atoms with Gasteiger partial charge in [-0.15, -0.1) is 0 Å². The Morgan fingerprint density at radius 2 is 1.85 bits per heavy atom. The molecule has 1 aliphatic heterocycles. The van der Waals surface area contributed by atoms with Gasteiger partial charge < -0.3 is 9.47 Å². The summed E-state index contributed by atoms with van der Waals surface area (Å²) in [6.07, 6.45) is 14.6. The molecule has 1 heterocycles. The molecule has 0 N–H and O–H groups in total. The summed E-state index contributed by atoms with van der Waals surface area (Å²) in [6, 6.07) is 3.82. The van der Waals surface area contributed by atoms with Crippen LogP contribution in [0.25, 0.3) is 0 Å². The number of rotatable bonds is 8. The Bertz CT molecular complexity index is 564. The molecule has 2 nitrogen and oxygen atoms in total. The molecule has 3 heteroatoms. The van der Waals surface area contributed by atoms with Crippen LogP contribution in [0.2, 0.25) is 0 Å². The highest BCUT2D eigenvalue weighted by Crippen LogP contribution is 2.34. The highest BCUT2D eigenvalue weighted by atomic mass is 19.1. The van der Waals surface area contributed by atoms with Crippen molar-refractivity contribution in [3.8, 4) is 5.75 Å². The predicted molar refractivity (Wildman–Crippen MR) is 104 cm³/mol. The SMILES string of the molecule is CCCc1cc(F)c2c(c1)CCC(CCCCC1CCC(OC)CC1)O2. The first kappa shape index (κ1) is 19.7. The zero-order valence-electron chi connectivity index (χ0n) is 16.6. The second-order valence-electron chi connectivity index (χ2n) is 8.26. The standard InChI is InChI=1S/C23H35FO2/c1-3-6-18-15-19-11-14-21(26-23(19)22(24)16-18)8-5-4-7-17-9-12-20(25-2)13-10-17/h15-17,20-21H,3-14H2,1-2H3. The van der Waals surface area contributed by atoms with Crippen molar-refractivity contribution in [2.24, 2.45) is 5.92 Å². The van der Waals surface area contributed by atoms with Gasteiger partial charge in [-0.2, -0.15) is 0 Å². The van der Waals surface area contributed by atoms with Gasteiger partial charge in [0, 0.05) is 7.11 Å². The molecule has 3 rings (SSSR count). The lowest BCUT2D eigenvalue weighted by atomic mass is 9.84. The zero-order chi connectivity index (χ0) is 18.4. The van der Waals surface area contributed by atoms with Gasteiger partial charge in [0.15, 0.2) is 11.6 Å². The molecule has 0 aromatic heterocycles. The molecule has 1 atom stereocenters. The minimum absolute atomic E-state index is 0.162. The van der Waals surface area contributed by atoms with Crippen LogP contribution in [-0.2, 0) is 17.6 Å². The Balaban J connectivity index is 1.40. The lowest BCUT2D eigenvalue weighted by molar-refractivity contribution is 0.0549. The van der Waals surface area contributed by atoms with Crippen LogP contribution in [0.5, 0.6) is 5.75 Å². The van der Waals surface area contributed by atoms with Crippen molar-refractivity contribution in [3.05, 3.63) is 29.1 Å². The van der Waals surface area contributed by atoms with Gasteiger partial charge in [0.2, 0.25) is 0 Å². The van der Waals surface area contributed by atoms with E-state index >= 15 is 0 Å². The predicted octanol–water partition coefficient (Wildman–Crippen LogP) is 6.24. The molecular weight excluding hydrogens is 327 g/mol. The summed E-state index contributed by atoms with van der Waals surface area (Å²) in [5.41, 5.74) is 2.17. The summed E-state index contributed by atoms with van der Waals surface area (Å²) in [6.45, 7) is 2.13. The summed E-state index contributed by atoms with van der Waals surface area (Å²) in [5.74, 6) is 1.24. The van der Waals surface area contributed by atoms with Crippen molar-refractivity contribution in [2.45, 2.75) is 96.2 Å². The molecule has 0 radical (unpaired) electrons. The highest BCUT2D eigenvalue weighted by Gasteiger charge is 2.24. The second kappa shape index (κ2) is 9.73. The molecule has 0 bridgehead atoms. The first-order chi connectivity index (χ1) is 12.7. The van der Waals surface area contributed by atoms with Crippen LogP contribution in [0.15, 0.2) is 12.1 Å². The van der Waals surface area contributed by atoms with Crippen LogP contribution in [0.3, 0.4) is 0 Å². The average molecular weight is 363 g/mol. The minimum atomic E-state index is -0.162. The van der Waals surface area contributed by atoms with Gasteiger partial charge in [-0.25, -0.2) is 4.39 Å². The van der Waals surface area contributed by atoms with Crippen molar-refractivity contribution in [1.82, 2.24) is 0 Å². The number of hydrogen-bond acceptors (Lipinski definition) is 2. The third kappa shape index (κ3) is 5.22. The maximum atomic E-state index is 14.4. The van der Waals surface area contributed by atoms with Gasteiger partial charge in [-0.3, -0.25) is 0 Å². The Hall–Kier alpha value is -1.09. The third-order valence-electron chi connectivity index (χ3n) is 6.25.